The zero-order valence-corrected chi connectivity index (χ0v) is 10.4. The van der Waals surface area contributed by atoms with Crippen molar-refractivity contribution in [1.29, 1.82) is 0 Å². The summed E-state index contributed by atoms with van der Waals surface area (Å²) in [6.07, 6.45) is 0. The van der Waals surface area contributed by atoms with Crippen LogP contribution in [0, 0.1) is 5.82 Å². The van der Waals surface area contributed by atoms with Crippen LogP contribution in [0.3, 0.4) is 0 Å². The Morgan fingerprint density at radius 1 is 1.00 bits per heavy atom. The van der Waals surface area contributed by atoms with Crippen molar-refractivity contribution >= 4 is 11.8 Å². The summed E-state index contributed by atoms with van der Waals surface area (Å²) in [7, 11) is 0. The summed E-state index contributed by atoms with van der Waals surface area (Å²) in [6.45, 7) is 1.93. The van der Waals surface area contributed by atoms with Crippen molar-refractivity contribution in [2.24, 2.45) is 5.73 Å². The van der Waals surface area contributed by atoms with E-state index in [0.29, 0.717) is 4.90 Å². The molecule has 2 N–H and O–H groups in total. The van der Waals surface area contributed by atoms with Crippen molar-refractivity contribution in [3.05, 3.63) is 59.9 Å². The normalized spacial score (nSPS) is 12.4. The van der Waals surface area contributed by atoms with Gasteiger partial charge in [-0.25, -0.2) is 4.39 Å². The standard InChI is InChI=1S/C14H14FNS/c1-10(16)11-6-2-4-8-13(11)17-14-9-5-3-7-12(14)15/h2-10H,16H2,1H3/t10-/m0/s1. The van der Waals surface area contributed by atoms with Crippen molar-refractivity contribution in [2.75, 3.05) is 0 Å². The lowest BCUT2D eigenvalue weighted by Gasteiger charge is -2.12. The van der Waals surface area contributed by atoms with Crippen molar-refractivity contribution < 1.29 is 4.39 Å². The van der Waals surface area contributed by atoms with Crippen LogP contribution in [-0.4, -0.2) is 0 Å². The van der Waals surface area contributed by atoms with Crippen LogP contribution in [0.15, 0.2) is 58.3 Å². The molecule has 0 aliphatic rings. The minimum absolute atomic E-state index is 0.0505. The van der Waals surface area contributed by atoms with Gasteiger partial charge in [-0.2, -0.15) is 0 Å². The Kier molecular flexibility index (Phi) is 3.82. The van der Waals surface area contributed by atoms with E-state index in [9.17, 15) is 4.39 Å². The second-order valence-electron chi connectivity index (χ2n) is 3.86. The van der Waals surface area contributed by atoms with Gasteiger partial charge in [-0.3, -0.25) is 0 Å². The lowest BCUT2D eigenvalue weighted by Crippen LogP contribution is -2.06. The lowest BCUT2D eigenvalue weighted by molar-refractivity contribution is 0.602. The van der Waals surface area contributed by atoms with E-state index >= 15 is 0 Å². The molecule has 88 valence electrons. The molecule has 0 fully saturated rings. The highest BCUT2D eigenvalue weighted by atomic mass is 32.2. The summed E-state index contributed by atoms with van der Waals surface area (Å²) in [5.41, 5.74) is 6.94. The van der Waals surface area contributed by atoms with Crippen LogP contribution in [0.1, 0.15) is 18.5 Å². The first-order chi connectivity index (χ1) is 8.18. The predicted octanol–water partition coefficient (Wildman–Crippen LogP) is 4.00. The first kappa shape index (κ1) is 12.1. The van der Waals surface area contributed by atoms with E-state index in [-0.39, 0.29) is 11.9 Å². The van der Waals surface area contributed by atoms with Gasteiger partial charge in [-0.1, -0.05) is 42.1 Å². The fourth-order valence-corrected chi connectivity index (χ4v) is 2.66. The molecule has 0 bridgehead atoms. The zero-order chi connectivity index (χ0) is 12.3. The van der Waals surface area contributed by atoms with E-state index < -0.39 is 0 Å². The van der Waals surface area contributed by atoms with E-state index in [1.165, 1.54) is 17.8 Å². The molecule has 0 amide bonds. The maximum atomic E-state index is 13.6. The van der Waals surface area contributed by atoms with Crippen LogP contribution in [-0.2, 0) is 0 Å². The molecular formula is C14H14FNS. The average Bonchev–Trinajstić information content (AvgIpc) is 2.32. The first-order valence-electron chi connectivity index (χ1n) is 5.45. The largest absolute Gasteiger partial charge is 0.324 e. The summed E-state index contributed by atoms with van der Waals surface area (Å²) in [4.78, 5) is 1.63. The molecule has 0 aromatic heterocycles. The molecule has 2 aromatic rings. The number of rotatable bonds is 3. The van der Waals surface area contributed by atoms with Gasteiger partial charge in [-0.15, -0.1) is 0 Å². The van der Waals surface area contributed by atoms with Crippen LogP contribution in [0.5, 0.6) is 0 Å². The third-order valence-electron chi connectivity index (χ3n) is 2.47. The van der Waals surface area contributed by atoms with Crippen LogP contribution in [0.25, 0.3) is 0 Å². The molecular weight excluding hydrogens is 233 g/mol. The van der Waals surface area contributed by atoms with Crippen LogP contribution < -0.4 is 5.73 Å². The number of hydrogen-bond donors (Lipinski definition) is 1. The number of nitrogens with two attached hydrogens (primary N) is 1. The van der Waals surface area contributed by atoms with Gasteiger partial charge < -0.3 is 5.73 Å². The molecule has 0 unspecified atom stereocenters. The molecule has 0 aliphatic carbocycles. The molecule has 2 rings (SSSR count). The minimum Gasteiger partial charge on any atom is -0.324 e. The Hall–Kier alpha value is -1.32. The average molecular weight is 247 g/mol. The fourth-order valence-electron chi connectivity index (χ4n) is 1.60. The molecule has 0 saturated carbocycles. The van der Waals surface area contributed by atoms with Gasteiger partial charge in [0.25, 0.3) is 0 Å². The SMILES string of the molecule is C[C@H](N)c1ccccc1Sc1ccccc1F. The van der Waals surface area contributed by atoms with E-state index in [1.54, 1.807) is 12.1 Å². The molecule has 17 heavy (non-hydrogen) atoms. The van der Waals surface area contributed by atoms with E-state index in [1.807, 2.05) is 37.3 Å². The molecule has 0 heterocycles. The molecule has 1 nitrogen and oxygen atoms in total. The third-order valence-corrected chi connectivity index (χ3v) is 3.61. The highest BCUT2D eigenvalue weighted by molar-refractivity contribution is 7.99. The minimum atomic E-state index is -0.197. The topological polar surface area (TPSA) is 26.0 Å². The van der Waals surface area contributed by atoms with Gasteiger partial charge in [0.15, 0.2) is 0 Å². The van der Waals surface area contributed by atoms with Crippen molar-refractivity contribution in [3.8, 4) is 0 Å². The Balaban J connectivity index is 2.34. The van der Waals surface area contributed by atoms with E-state index in [2.05, 4.69) is 0 Å². The smallest absolute Gasteiger partial charge is 0.137 e. The van der Waals surface area contributed by atoms with Gasteiger partial charge in [0.2, 0.25) is 0 Å². The zero-order valence-electron chi connectivity index (χ0n) is 9.56. The molecule has 0 radical (unpaired) electrons. The molecule has 0 saturated heterocycles. The summed E-state index contributed by atoms with van der Waals surface area (Å²) < 4.78 is 13.6. The van der Waals surface area contributed by atoms with Gasteiger partial charge in [-0.05, 0) is 30.7 Å². The van der Waals surface area contributed by atoms with Crippen molar-refractivity contribution in [2.45, 2.75) is 22.8 Å². The monoisotopic (exact) mass is 247 g/mol. The van der Waals surface area contributed by atoms with Gasteiger partial charge in [0.1, 0.15) is 5.82 Å². The van der Waals surface area contributed by atoms with Crippen molar-refractivity contribution in [1.82, 2.24) is 0 Å². The first-order valence-corrected chi connectivity index (χ1v) is 6.27. The fraction of sp³-hybridized carbons (Fsp3) is 0.143. The molecule has 0 aliphatic heterocycles. The summed E-state index contributed by atoms with van der Waals surface area (Å²) >= 11 is 1.41. The van der Waals surface area contributed by atoms with Crippen LogP contribution in [0.2, 0.25) is 0 Å². The highest BCUT2D eigenvalue weighted by Crippen LogP contribution is 2.33. The number of hydrogen-bond acceptors (Lipinski definition) is 2. The number of halogens is 1. The maximum Gasteiger partial charge on any atom is 0.137 e. The van der Waals surface area contributed by atoms with Gasteiger partial charge >= 0.3 is 0 Å². The predicted molar refractivity (Wildman–Crippen MR) is 69.6 cm³/mol. The summed E-state index contributed by atoms with van der Waals surface area (Å²) in [5.74, 6) is -0.197. The van der Waals surface area contributed by atoms with E-state index in [4.69, 9.17) is 5.73 Å². The Morgan fingerprint density at radius 3 is 2.24 bits per heavy atom. The van der Waals surface area contributed by atoms with Crippen LogP contribution >= 0.6 is 11.8 Å². The lowest BCUT2D eigenvalue weighted by atomic mass is 10.1. The van der Waals surface area contributed by atoms with Crippen molar-refractivity contribution in [3.63, 3.8) is 0 Å². The Labute approximate surface area is 105 Å². The van der Waals surface area contributed by atoms with E-state index in [0.717, 1.165) is 10.5 Å². The summed E-state index contributed by atoms with van der Waals surface area (Å²) in [6, 6.07) is 14.6. The molecule has 2 aromatic carbocycles. The summed E-state index contributed by atoms with van der Waals surface area (Å²) in [5, 5.41) is 0. The second kappa shape index (κ2) is 5.34. The second-order valence-corrected chi connectivity index (χ2v) is 4.94. The van der Waals surface area contributed by atoms with Crippen LogP contribution in [0.4, 0.5) is 4.39 Å². The Morgan fingerprint density at radius 2 is 1.59 bits per heavy atom. The maximum absolute atomic E-state index is 13.6. The van der Waals surface area contributed by atoms with Gasteiger partial charge in [0, 0.05) is 15.8 Å². The highest BCUT2D eigenvalue weighted by Gasteiger charge is 2.09. The molecule has 0 spiro atoms. The Bertz CT molecular complexity index is 511. The number of benzene rings is 2. The van der Waals surface area contributed by atoms with Gasteiger partial charge in [0.05, 0.1) is 0 Å². The third kappa shape index (κ3) is 2.87. The quantitative estimate of drug-likeness (QED) is 0.887. The molecule has 3 heteroatoms. The molecule has 1 atom stereocenters.